The summed E-state index contributed by atoms with van der Waals surface area (Å²) < 4.78 is 14.9. The molecule has 0 saturated carbocycles. The summed E-state index contributed by atoms with van der Waals surface area (Å²) in [7, 11) is 0. The van der Waals surface area contributed by atoms with Gasteiger partial charge in [-0.1, -0.05) is 42.1 Å². The molecule has 0 unspecified atom stereocenters. The maximum Gasteiger partial charge on any atom is 0.258 e. The van der Waals surface area contributed by atoms with E-state index in [1.807, 2.05) is 43.3 Å². The number of thioether (sulfide) groups is 1. The highest BCUT2D eigenvalue weighted by molar-refractivity contribution is 7.98. The van der Waals surface area contributed by atoms with Crippen molar-refractivity contribution in [1.82, 2.24) is 19.6 Å². The summed E-state index contributed by atoms with van der Waals surface area (Å²) in [6.45, 7) is 1.94. The fraction of sp³-hybridized carbons (Fsp3) is 0.0833. The standard InChI is InChI=1S/C24H17FN4OS/c1-15-5-4-12-29-21(30)13-18(26-23(15)29)14-31-24-20-7-3-2-6-19(20)22(27-28-24)16-8-10-17(25)11-9-16/h2-13H,14H2,1H3. The Hall–Kier alpha value is -3.58. The summed E-state index contributed by atoms with van der Waals surface area (Å²) in [5.74, 6) is 0.205. The summed E-state index contributed by atoms with van der Waals surface area (Å²) in [5, 5.41) is 11.5. The molecule has 0 bridgehead atoms. The SMILES string of the molecule is Cc1cccn2c(=O)cc(CSc3nnc(-c4ccc(F)cc4)c4ccccc34)nc12. The van der Waals surface area contributed by atoms with Crippen LogP contribution in [0.3, 0.4) is 0 Å². The van der Waals surface area contributed by atoms with Crippen molar-refractivity contribution >= 4 is 28.2 Å². The van der Waals surface area contributed by atoms with Crippen LogP contribution in [0.5, 0.6) is 0 Å². The van der Waals surface area contributed by atoms with E-state index in [1.165, 1.54) is 23.9 Å². The van der Waals surface area contributed by atoms with E-state index in [-0.39, 0.29) is 11.4 Å². The number of hydrogen-bond acceptors (Lipinski definition) is 5. The van der Waals surface area contributed by atoms with Crippen molar-refractivity contribution in [2.75, 3.05) is 0 Å². The number of benzene rings is 2. The summed E-state index contributed by atoms with van der Waals surface area (Å²) in [6, 6.07) is 19.4. The Balaban J connectivity index is 1.51. The Morgan fingerprint density at radius 3 is 2.55 bits per heavy atom. The maximum atomic E-state index is 13.3. The second kappa shape index (κ2) is 7.92. The van der Waals surface area contributed by atoms with Crippen LogP contribution in [0, 0.1) is 12.7 Å². The number of nitrogens with zero attached hydrogens (tertiary/aromatic N) is 4. The van der Waals surface area contributed by atoms with Crippen LogP contribution in [-0.2, 0) is 5.75 Å². The van der Waals surface area contributed by atoms with Gasteiger partial charge in [-0.05, 0) is 42.8 Å². The van der Waals surface area contributed by atoms with Gasteiger partial charge in [0.2, 0.25) is 0 Å². The van der Waals surface area contributed by atoms with Crippen LogP contribution >= 0.6 is 11.8 Å². The molecule has 0 saturated heterocycles. The van der Waals surface area contributed by atoms with Crippen molar-refractivity contribution in [3.8, 4) is 11.3 Å². The van der Waals surface area contributed by atoms with Gasteiger partial charge in [-0.25, -0.2) is 9.37 Å². The lowest BCUT2D eigenvalue weighted by atomic mass is 10.1. The summed E-state index contributed by atoms with van der Waals surface area (Å²) in [5.41, 5.74) is 3.71. The smallest absolute Gasteiger partial charge is 0.258 e. The zero-order chi connectivity index (χ0) is 21.4. The highest BCUT2D eigenvalue weighted by atomic mass is 32.2. The minimum Gasteiger partial charge on any atom is -0.269 e. The number of pyridine rings is 1. The fourth-order valence-corrected chi connectivity index (χ4v) is 4.40. The average molecular weight is 428 g/mol. The largest absolute Gasteiger partial charge is 0.269 e. The molecule has 0 atom stereocenters. The van der Waals surface area contributed by atoms with Crippen LogP contribution in [0.2, 0.25) is 0 Å². The second-order valence-electron chi connectivity index (χ2n) is 7.17. The van der Waals surface area contributed by atoms with Gasteiger partial charge in [0.1, 0.15) is 22.2 Å². The molecule has 2 aromatic carbocycles. The van der Waals surface area contributed by atoms with Crippen molar-refractivity contribution in [3.05, 3.63) is 100 Å². The third-order valence-electron chi connectivity index (χ3n) is 5.07. The average Bonchev–Trinajstić information content (AvgIpc) is 2.79. The first-order valence-corrected chi connectivity index (χ1v) is 10.7. The Bertz CT molecular complexity index is 1480. The van der Waals surface area contributed by atoms with E-state index in [1.54, 1.807) is 28.8 Å². The normalized spacial score (nSPS) is 11.3. The monoisotopic (exact) mass is 428 g/mol. The van der Waals surface area contributed by atoms with Crippen LogP contribution in [0.4, 0.5) is 4.39 Å². The van der Waals surface area contributed by atoms with Gasteiger partial charge in [0.05, 0.1) is 5.69 Å². The van der Waals surface area contributed by atoms with E-state index >= 15 is 0 Å². The van der Waals surface area contributed by atoms with Gasteiger partial charge in [0, 0.05) is 34.4 Å². The minimum absolute atomic E-state index is 0.105. The van der Waals surface area contributed by atoms with Gasteiger partial charge in [-0.3, -0.25) is 9.20 Å². The topological polar surface area (TPSA) is 60.2 Å². The third kappa shape index (κ3) is 3.68. The van der Waals surface area contributed by atoms with Gasteiger partial charge in [-0.15, -0.1) is 10.2 Å². The van der Waals surface area contributed by atoms with Gasteiger partial charge < -0.3 is 0 Å². The maximum absolute atomic E-state index is 13.3. The molecule has 0 N–H and O–H groups in total. The van der Waals surface area contributed by atoms with E-state index < -0.39 is 0 Å². The molecule has 0 aliphatic heterocycles. The molecular formula is C24H17FN4OS. The molecule has 152 valence electrons. The molecule has 5 nitrogen and oxygen atoms in total. The first-order valence-electron chi connectivity index (χ1n) is 9.72. The zero-order valence-electron chi connectivity index (χ0n) is 16.6. The van der Waals surface area contributed by atoms with Gasteiger partial charge in [-0.2, -0.15) is 0 Å². The predicted molar refractivity (Wildman–Crippen MR) is 121 cm³/mol. The van der Waals surface area contributed by atoms with Crippen molar-refractivity contribution in [3.63, 3.8) is 0 Å². The predicted octanol–water partition coefficient (Wildman–Crippen LogP) is 5.04. The van der Waals surface area contributed by atoms with Crippen LogP contribution in [0.25, 0.3) is 27.7 Å². The molecule has 0 spiro atoms. The Morgan fingerprint density at radius 1 is 0.968 bits per heavy atom. The van der Waals surface area contributed by atoms with Crippen LogP contribution in [0.1, 0.15) is 11.3 Å². The summed E-state index contributed by atoms with van der Waals surface area (Å²) >= 11 is 1.49. The molecule has 3 aromatic heterocycles. The first-order chi connectivity index (χ1) is 15.1. The van der Waals surface area contributed by atoms with E-state index in [0.717, 1.165) is 26.9 Å². The number of halogens is 1. The van der Waals surface area contributed by atoms with Crippen LogP contribution < -0.4 is 5.56 Å². The highest BCUT2D eigenvalue weighted by Crippen LogP contribution is 2.32. The van der Waals surface area contributed by atoms with Crippen molar-refractivity contribution in [1.29, 1.82) is 0 Å². The zero-order valence-corrected chi connectivity index (χ0v) is 17.4. The summed E-state index contributed by atoms with van der Waals surface area (Å²) in [4.78, 5) is 17.1. The van der Waals surface area contributed by atoms with Gasteiger partial charge >= 0.3 is 0 Å². The molecule has 0 amide bonds. The molecule has 0 radical (unpaired) electrons. The Kier molecular flexibility index (Phi) is 4.95. The number of fused-ring (bicyclic) bond motifs is 2. The van der Waals surface area contributed by atoms with Crippen LogP contribution in [0.15, 0.2) is 82.7 Å². The highest BCUT2D eigenvalue weighted by Gasteiger charge is 2.13. The van der Waals surface area contributed by atoms with Crippen LogP contribution in [-0.4, -0.2) is 19.6 Å². The third-order valence-corrected chi connectivity index (χ3v) is 6.08. The number of hydrogen-bond donors (Lipinski definition) is 0. The van der Waals surface area contributed by atoms with E-state index in [2.05, 4.69) is 15.2 Å². The lowest BCUT2D eigenvalue weighted by Crippen LogP contribution is -2.15. The van der Waals surface area contributed by atoms with E-state index in [9.17, 15) is 9.18 Å². The molecule has 0 aliphatic carbocycles. The molecule has 7 heteroatoms. The van der Waals surface area contributed by atoms with E-state index in [0.29, 0.717) is 22.8 Å². The first kappa shape index (κ1) is 19.4. The molecule has 5 rings (SSSR count). The number of aryl methyl sites for hydroxylation is 1. The van der Waals surface area contributed by atoms with Crippen molar-refractivity contribution in [2.24, 2.45) is 0 Å². The Morgan fingerprint density at radius 2 is 1.74 bits per heavy atom. The van der Waals surface area contributed by atoms with Gasteiger partial charge in [0.15, 0.2) is 0 Å². The molecule has 31 heavy (non-hydrogen) atoms. The minimum atomic E-state index is -0.290. The quantitative estimate of drug-likeness (QED) is 0.375. The van der Waals surface area contributed by atoms with E-state index in [4.69, 9.17) is 0 Å². The second-order valence-corrected chi connectivity index (χ2v) is 8.13. The lowest BCUT2D eigenvalue weighted by Gasteiger charge is -2.10. The number of aromatic nitrogens is 4. The van der Waals surface area contributed by atoms with Gasteiger partial charge in [0.25, 0.3) is 5.56 Å². The van der Waals surface area contributed by atoms with Crippen molar-refractivity contribution < 1.29 is 4.39 Å². The summed E-state index contributed by atoms with van der Waals surface area (Å²) in [6.07, 6.45) is 1.72. The molecule has 0 aliphatic rings. The number of rotatable bonds is 4. The Labute approximate surface area is 181 Å². The fourth-order valence-electron chi connectivity index (χ4n) is 3.53. The molecular weight excluding hydrogens is 411 g/mol. The lowest BCUT2D eigenvalue weighted by molar-refractivity contribution is 0.628. The molecule has 3 heterocycles. The molecule has 5 aromatic rings. The molecule has 0 fully saturated rings. The van der Waals surface area contributed by atoms with Crippen molar-refractivity contribution in [2.45, 2.75) is 17.7 Å².